The van der Waals surface area contributed by atoms with Gasteiger partial charge < -0.3 is 10.6 Å². The van der Waals surface area contributed by atoms with Crippen LogP contribution in [0.15, 0.2) is 6.20 Å². The number of nitrogens with zero attached hydrogens (tertiary/aromatic N) is 3. The van der Waals surface area contributed by atoms with Crippen LogP contribution in [-0.4, -0.2) is 45.3 Å². The number of amides is 1. The quantitative estimate of drug-likeness (QED) is 0.688. The van der Waals surface area contributed by atoms with Gasteiger partial charge in [-0.25, -0.2) is 0 Å². The van der Waals surface area contributed by atoms with E-state index in [1.54, 1.807) is 4.90 Å². The fourth-order valence-electron chi connectivity index (χ4n) is 1.19. The van der Waals surface area contributed by atoms with Gasteiger partial charge in [0, 0.05) is 19.1 Å². The molecule has 0 fully saturated rings. The third kappa shape index (κ3) is 2.29. The second-order valence-corrected chi connectivity index (χ2v) is 3.24. The number of aromatic amines is 1. The molecule has 0 saturated carbocycles. The molecule has 1 aromatic heterocycles. The summed E-state index contributed by atoms with van der Waals surface area (Å²) in [5.41, 5.74) is 5.75. The Hall–Kier alpha value is -1.43. The Morgan fingerprint density at radius 3 is 2.86 bits per heavy atom. The molecule has 0 aliphatic rings. The van der Waals surface area contributed by atoms with Gasteiger partial charge in [0.15, 0.2) is 5.69 Å². The van der Waals surface area contributed by atoms with Gasteiger partial charge in [-0.15, -0.1) is 0 Å². The third-order valence-electron chi connectivity index (χ3n) is 1.89. The minimum Gasteiger partial charge on any atom is -0.334 e. The maximum atomic E-state index is 11.8. The lowest BCUT2D eigenvalue weighted by Gasteiger charge is -2.24. The summed E-state index contributed by atoms with van der Waals surface area (Å²) in [6, 6.07) is 0.114. The lowest BCUT2D eigenvalue weighted by Crippen LogP contribution is -2.40. The molecule has 14 heavy (non-hydrogen) atoms. The number of H-pyrrole nitrogens is 1. The van der Waals surface area contributed by atoms with Crippen LogP contribution < -0.4 is 5.73 Å². The fourth-order valence-corrected chi connectivity index (χ4v) is 1.19. The summed E-state index contributed by atoms with van der Waals surface area (Å²) in [6.45, 7) is 4.85. The van der Waals surface area contributed by atoms with Gasteiger partial charge >= 0.3 is 0 Å². The first kappa shape index (κ1) is 10.6. The molecule has 0 saturated heterocycles. The lowest BCUT2D eigenvalue weighted by atomic mass is 10.3. The van der Waals surface area contributed by atoms with Crippen molar-refractivity contribution in [3.8, 4) is 0 Å². The molecule has 0 atom stereocenters. The Bertz CT molecular complexity index is 282. The summed E-state index contributed by atoms with van der Waals surface area (Å²) in [5, 5.41) is 9.73. The van der Waals surface area contributed by atoms with Crippen LogP contribution in [0.1, 0.15) is 24.3 Å². The van der Waals surface area contributed by atoms with Gasteiger partial charge in [0.25, 0.3) is 5.91 Å². The SMILES string of the molecule is CC(C)N(CCN)C(=O)c1cn[nH]n1. The maximum Gasteiger partial charge on any atom is 0.276 e. The number of nitrogens with one attached hydrogen (secondary N) is 1. The van der Waals surface area contributed by atoms with Crippen molar-refractivity contribution in [1.29, 1.82) is 0 Å². The highest BCUT2D eigenvalue weighted by Crippen LogP contribution is 2.03. The van der Waals surface area contributed by atoms with Gasteiger partial charge in [-0.3, -0.25) is 4.79 Å². The van der Waals surface area contributed by atoms with Crippen LogP contribution in [0.25, 0.3) is 0 Å². The molecular weight excluding hydrogens is 182 g/mol. The molecule has 0 aromatic carbocycles. The molecule has 0 aliphatic heterocycles. The molecule has 1 heterocycles. The molecule has 3 N–H and O–H groups in total. The zero-order valence-corrected chi connectivity index (χ0v) is 8.40. The predicted molar refractivity (Wildman–Crippen MR) is 51.6 cm³/mol. The first-order valence-electron chi connectivity index (χ1n) is 4.53. The van der Waals surface area contributed by atoms with Crippen LogP contribution in [0, 0.1) is 0 Å². The van der Waals surface area contributed by atoms with Gasteiger partial charge in [0.2, 0.25) is 0 Å². The number of carbonyl (C=O) groups excluding carboxylic acids is 1. The zero-order chi connectivity index (χ0) is 10.6. The Labute approximate surface area is 82.5 Å². The van der Waals surface area contributed by atoms with Crippen LogP contribution in [-0.2, 0) is 0 Å². The molecule has 0 unspecified atom stereocenters. The molecule has 6 heteroatoms. The number of carbonyl (C=O) groups is 1. The number of hydrogen-bond donors (Lipinski definition) is 2. The van der Waals surface area contributed by atoms with E-state index in [2.05, 4.69) is 15.4 Å². The van der Waals surface area contributed by atoms with Crippen molar-refractivity contribution < 1.29 is 4.79 Å². The van der Waals surface area contributed by atoms with E-state index in [0.29, 0.717) is 18.8 Å². The number of nitrogens with two attached hydrogens (primary N) is 1. The minimum atomic E-state index is -0.140. The average molecular weight is 197 g/mol. The summed E-state index contributed by atoms with van der Waals surface area (Å²) in [4.78, 5) is 13.4. The van der Waals surface area contributed by atoms with Gasteiger partial charge in [-0.2, -0.15) is 15.4 Å². The average Bonchev–Trinajstić information content (AvgIpc) is 2.65. The first-order valence-corrected chi connectivity index (χ1v) is 4.53. The highest BCUT2D eigenvalue weighted by atomic mass is 16.2. The van der Waals surface area contributed by atoms with Crippen molar-refractivity contribution in [2.75, 3.05) is 13.1 Å². The highest BCUT2D eigenvalue weighted by Gasteiger charge is 2.19. The Morgan fingerprint density at radius 2 is 2.43 bits per heavy atom. The maximum absolute atomic E-state index is 11.8. The zero-order valence-electron chi connectivity index (χ0n) is 8.40. The van der Waals surface area contributed by atoms with E-state index in [4.69, 9.17) is 5.73 Å². The van der Waals surface area contributed by atoms with E-state index in [0.717, 1.165) is 0 Å². The molecule has 0 radical (unpaired) electrons. The number of aromatic nitrogens is 3. The molecule has 0 spiro atoms. The summed E-state index contributed by atoms with van der Waals surface area (Å²) in [7, 11) is 0. The lowest BCUT2D eigenvalue weighted by molar-refractivity contribution is 0.0706. The Kier molecular flexibility index (Phi) is 3.58. The topological polar surface area (TPSA) is 87.9 Å². The molecule has 1 rings (SSSR count). The van der Waals surface area contributed by atoms with Crippen LogP contribution in [0.5, 0.6) is 0 Å². The van der Waals surface area contributed by atoms with E-state index in [9.17, 15) is 4.79 Å². The van der Waals surface area contributed by atoms with E-state index in [1.807, 2.05) is 13.8 Å². The first-order chi connectivity index (χ1) is 6.66. The second-order valence-electron chi connectivity index (χ2n) is 3.24. The monoisotopic (exact) mass is 197 g/mol. The highest BCUT2D eigenvalue weighted by molar-refractivity contribution is 5.92. The standard InChI is InChI=1S/C8H15N5O/c1-6(2)13(4-3-9)8(14)7-5-10-12-11-7/h5-6H,3-4,9H2,1-2H3,(H,10,11,12). The van der Waals surface area contributed by atoms with Crippen molar-refractivity contribution in [2.24, 2.45) is 5.73 Å². The predicted octanol–water partition coefficient (Wildman–Crippen LogP) is -0.386. The second kappa shape index (κ2) is 4.71. The molecule has 6 nitrogen and oxygen atoms in total. The third-order valence-corrected chi connectivity index (χ3v) is 1.89. The fraction of sp³-hybridized carbons (Fsp3) is 0.625. The van der Waals surface area contributed by atoms with Gasteiger partial charge in [0.1, 0.15) is 0 Å². The van der Waals surface area contributed by atoms with Crippen molar-refractivity contribution in [3.63, 3.8) is 0 Å². The molecule has 1 amide bonds. The van der Waals surface area contributed by atoms with Crippen molar-refractivity contribution >= 4 is 5.91 Å². The minimum absolute atomic E-state index is 0.114. The Morgan fingerprint density at radius 1 is 1.71 bits per heavy atom. The smallest absolute Gasteiger partial charge is 0.276 e. The van der Waals surface area contributed by atoms with Crippen LogP contribution in [0.2, 0.25) is 0 Å². The number of hydrogen-bond acceptors (Lipinski definition) is 4. The molecular formula is C8H15N5O. The van der Waals surface area contributed by atoms with E-state index in [1.165, 1.54) is 6.20 Å². The van der Waals surface area contributed by atoms with Crippen LogP contribution >= 0.6 is 0 Å². The molecule has 0 bridgehead atoms. The van der Waals surface area contributed by atoms with E-state index >= 15 is 0 Å². The van der Waals surface area contributed by atoms with Crippen molar-refractivity contribution in [2.45, 2.75) is 19.9 Å². The summed E-state index contributed by atoms with van der Waals surface area (Å²) in [5.74, 6) is -0.140. The molecule has 1 aromatic rings. The van der Waals surface area contributed by atoms with E-state index in [-0.39, 0.29) is 11.9 Å². The largest absolute Gasteiger partial charge is 0.334 e. The summed E-state index contributed by atoms with van der Waals surface area (Å²) < 4.78 is 0. The van der Waals surface area contributed by atoms with Crippen LogP contribution in [0.4, 0.5) is 0 Å². The Balaban J connectivity index is 2.74. The summed E-state index contributed by atoms with van der Waals surface area (Å²) in [6.07, 6.45) is 1.41. The van der Waals surface area contributed by atoms with Crippen LogP contribution in [0.3, 0.4) is 0 Å². The normalized spacial score (nSPS) is 10.6. The van der Waals surface area contributed by atoms with Crippen molar-refractivity contribution in [3.05, 3.63) is 11.9 Å². The van der Waals surface area contributed by atoms with Gasteiger partial charge in [-0.05, 0) is 13.8 Å². The van der Waals surface area contributed by atoms with Gasteiger partial charge in [0.05, 0.1) is 6.20 Å². The molecule has 0 aliphatic carbocycles. The van der Waals surface area contributed by atoms with E-state index < -0.39 is 0 Å². The molecule has 78 valence electrons. The van der Waals surface area contributed by atoms with Crippen molar-refractivity contribution in [1.82, 2.24) is 20.3 Å². The summed E-state index contributed by atoms with van der Waals surface area (Å²) >= 11 is 0. The number of rotatable bonds is 4. The van der Waals surface area contributed by atoms with Gasteiger partial charge in [-0.1, -0.05) is 0 Å².